The number of fused-ring (bicyclic) bond motifs is 1. The van der Waals surface area contributed by atoms with Crippen LogP contribution in [-0.4, -0.2) is 28.7 Å². The van der Waals surface area contributed by atoms with Crippen molar-refractivity contribution in [1.82, 2.24) is 10.3 Å². The third-order valence-electron chi connectivity index (χ3n) is 3.88. The zero-order chi connectivity index (χ0) is 21.0. The Kier molecular flexibility index (Phi) is 5.55. The van der Waals surface area contributed by atoms with Gasteiger partial charge in [0, 0.05) is 10.9 Å². The quantitative estimate of drug-likeness (QED) is 0.512. The van der Waals surface area contributed by atoms with Gasteiger partial charge in [0.15, 0.2) is 0 Å². The summed E-state index contributed by atoms with van der Waals surface area (Å²) in [7, 11) is 0. The normalized spacial score (nSPS) is 12.1. The van der Waals surface area contributed by atoms with Crippen LogP contribution in [0.5, 0.6) is 5.75 Å². The summed E-state index contributed by atoms with van der Waals surface area (Å²) in [6, 6.07) is 17.4. The average Bonchev–Trinajstić information content (AvgIpc) is 3.10. The number of aromatic nitrogens is 1. The number of hydrogen-bond donors (Lipinski definition) is 2. The van der Waals surface area contributed by atoms with E-state index in [4.69, 9.17) is 14.7 Å². The summed E-state index contributed by atoms with van der Waals surface area (Å²) < 4.78 is 11.0. The van der Waals surface area contributed by atoms with E-state index in [-0.39, 0.29) is 5.69 Å². The van der Waals surface area contributed by atoms with Gasteiger partial charge in [0.1, 0.15) is 17.0 Å². The number of esters is 1. The number of H-pyrrole nitrogens is 1. The molecule has 0 aliphatic carbocycles. The molecule has 3 aromatic rings. The maximum atomic E-state index is 12.7. The molecule has 0 aliphatic heterocycles. The SMILES string of the molecule is CC(C)(C)OC(=O)C(NC(=O)c1cc2ccc(C#N)cc2[nH]1)Oc1ccccc1. The van der Waals surface area contributed by atoms with E-state index in [0.29, 0.717) is 16.8 Å². The van der Waals surface area contributed by atoms with E-state index in [9.17, 15) is 9.59 Å². The Hall–Kier alpha value is -3.79. The first-order chi connectivity index (χ1) is 13.7. The van der Waals surface area contributed by atoms with Crippen LogP contribution in [0.4, 0.5) is 0 Å². The monoisotopic (exact) mass is 391 g/mol. The number of hydrogen-bond acceptors (Lipinski definition) is 5. The number of carbonyl (C=O) groups excluding carboxylic acids is 2. The number of nitriles is 1. The molecule has 148 valence electrons. The molecule has 7 nitrogen and oxygen atoms in total. The molecule has 0 aliphatic rings. The highest BCUT2D eigenvalue weighted by molar-refractivity contribution is 5.99. The molecule has 0 spiro atoms. The summed E-state index contributed by atoms with van der Waals surface area (Å²) in [4.78, 5) is 28.3. The topological polar surface area (TPSA) is 104 Å². The first kappa shape index (κ1) is 20.0. The largest absolute Gasteiger partial charge is 0.459 e. The van der Waals surface area contributed by atoms with Crippen LogP contribution in [-0.2, 0) is 9.53 Å². The van der Waals surface area contributed by atoms with Crippen molar-refractivity contribution in [3.05, 3.63) is 65.9 Å². The van der Waals surface area contributed by atoms with Gasteiger partial charge in [-0.25, -0.2) is 4.79 Å². The van der Waals surface area contributed by atoms with Crippen molar-refractivity contribution in [2.75, 3.05) is 0 Å². The molecule has 29 heavy (non-hydrogen) atoms. The van der Waals surface area contributed by atoms with Crippen molar-refractivity contribution in [1.29, 1.82) is 5.26 Å². The van der Waals surface area contributed by atoms with Crippen LogP contribution < -0.4 is 10.1 Å². The van der Waals surface area contributed by atoms with Gasteiger partial charge in [-0.05, 0) is 51.1 Å². The number of benzene rings is 2. The minimum absolute atomic E-state index is 0.236. The van der Waals surface area contributed by atoms with Crippen LogP contribution in [0, 0.1) is 11.3 Å². The van der Waals surface area contributed by atoms with Crippen LogP contribution in [0.1, 0.15) is 36.8 Å². The lowest BCUT2D eigenvalue weighted by Gasteiger charge is -2.24. The fourth-order valence-corrected chi connectivity index (χ4v) is 2.64. The maximum absolute atomic E-state index is 12.7. The highest BCUT2D eigenvalue weighted by atomic mass is 16.6. The zero-order valence-electron chi connectivity index (χ0n) is 16.4. The Labute approximate surface area is 168 Å². The van der Waals surface area contributed by atoms with Gasteiger partial charge in [-0.2, -0.15) is 5.26 Å². The Morgan fingerprint density at radius 2 is 1.83 bits per heavy atom. The van der Waals surface area contributed by atoms with E-state index < -0.39 is 23.7 Å². The molecule has 1 unspecified atom stereocenters. The van der Waals surface area contributed by atoms with Crippen LogP contribution >= 0.6 is 0 Å². The molecule has 1 heterocycles. The summed E-state index contributed by atoms with van der Waals surface area (Å²) in [5.74, 6) is -0.831. The predicted octanol–water partition coefficient (Wildman–Crippen LogP) is 3.52. The molecule has 0 saturated carbocycles. The zero-order valence-corrected chi connectivity index (χ0v) is 16.4. The third kappa shape index (κ3) is 5.14. The summed E-state index contributed by atoms with van der Waals surface area (Å²) >= 11 is 0. The number of nitrogens with zero attached hydrogens (tertiary/aromatic N) is 1. The van der Waals surface area contributed by atoms with Crippen LogP contribution in [0.2, 0.25) is 0 Å². The molecule has 1 atom stereocenters. The molecule has 7 heteroatoms. The molecule has 1 amide bonds. The van der Waals surface area contributed by atoms with E-state index in [0.717, 1.165) is 5.39 Å². The molecule has 3 rings (SSSR count). The first-order valence-electron chi connectivity index (χ1n) is 9.03. The fourth-order valence-electron chi connectivity index (χ4n) is 2.64. The third-order valence-corrected chi connectivity index (χ3v) is 3.88. The van der Waals surface area contributed by atoms with E-state index in [1.165, 1.54) is 0 Å². The van der Waals surface area contributed by atoms with Gasteiger partial charge in [0.25, 0.3) is 12.1 Å². The molecule has 2 aromatic carbocycles. The van der Waals surface area contributed by atoms with Crippen molar-refractivity contribution >= 4 is 22.8 Å². The summed E-state index contributed by atoms with van der Waals surface area (Å²) in [5.41, 5.74) is 0.618. The number of rotatable bonds is 5. The smallest absolute Gasteiger partial charge is 0.369 e. The van der Waals surface area contributed by atoms with E-state index in [1.54, 1.807) is 69.3 Å². The van der Waals surface area contributed by atoms with Crippen molar-refractivity contribution in [3.63, 3.8) is 0 Å². The lowest BCUT2D eigenvalue weighted by molar-refractivity contribution is -0.164. The van der Waals surface area contributed by atoms with Gasteiger partial charge in [-0.1, -0.05) is 24.3 Å². The van der Waals surface area contributed by atoms with Crippen LogP contribution in [0.3, 0.4) is 0 Å². The molecule has 2 N–H and O–H groups in total. The molecule has 0 bridgehead atoms. The average molecular weight is 391 g/mol. The highest BCUT2D eigenvalue weighted by Gasteiger charge is 2.29. The second-order valence-electron chi connectivity index (χ2n) is 7.41. The Morgan fingerprint density at radius 1 is 1.10 bits per heavy atom. The molecular formula is C22H21N3O4. The Balaban J connectivity index is 1.83. The fraction of sp³-hybridized carbons (Fsp3) is 0.227. The van der Waals surface area contributed by atoms with Crippen LogP contribution in [0.15, 0.2) is 54.6 Å². The van der Waals surface area contributed by atoms with Crippen molar-refractivity contribution in [2.24, 2.45) is 0 Å². The molecule has 0 fully saturated rings. The summed E-state index contributed by atoms with van der Waals surface area (Å²) in [5, 5.41) is 12.3. The standard InChI is InChI=1S/C22H21N3O4/c1-22(2,3)29-21(27)20(28-16-7-5-4-6-8-16)25-19(26)18-12-15-10-9-14(13-23)11-17(15)24-18/h4-12,20,24H,1-3H3,(H,25,26). The first-order valence-corrected chi connectivity index (χ1v) is 9.03. The van der Waals surface area contributed by atoms with Crippen molar-refractivity contribution in [3.8, 4) is 11.8 Å². The number of carbonyl (C=O) groups is 2. The number of para-hydroxylation sites is 1. The van der Waals surface area contributed by atoms with Gasteiger partial charge >= 0.3 is 5.97 Å². The number of ether oxygens (including phenoxy) is 2. The van der Waals surface area contributed by atoms with Gasteiger partial charge in [0.2, 0.25) is 0 Å². The highest BCUT2D eigenvalue weighted by Crippen LogP contribution is 2.18. The second-order valence-corrected chi connectivity index (χ2v) is 7.41. The molecule has 0 saturated heterocycles. The summed E-state index contributed by atoms with van der Waals surface area (Å²) in [6.07, 6.45) is -1.33. The number of amides is 1. The molecular weight excluding hydrogens is 370 g/mol. The van der Waals surface area contributed by atoms with Gasteiger partial charge < -0.3 is 19.8 Å². The predicted molar refractivity (Wildman–Crippen MR) is 107 cm³/mol. The number of nitrogens with one attached hydrogen (secondary N) is 2. The van der Waals surface area contributed by atoms with Crippen molar-refractivity contribution < 1.29 is 19.1 Å². The minimum atomic E-state index is -1.33. The lowest BCUT2D eigenvalue weighted by Crippen LogP contribution is -2.47. The van der Waals surface area contributed by atoms with Gasteiger partial charge in [-0.15, -0.1) is 0 Å². The van der Waals surface area contributed by atoms with Crippen molar-refractivity contribution in [2.45, 2.75) is 32.6 Å². The van der Waals surface area contributed by atoms with E-state index in [1.807, 2.05) is 6.07 Å². The maximum Gasteiger partial charge on any atom is 0.369 e. The molecule has 0 radical (unpaired) electrons. The van der Waals surface area contributed by atoms with E-state index in [2.05, 4.69) is 16.4 Å². The van der Waals surface area contributed by atoms with Gasteiger partial charge in [-0.3, -0.25) is 4.79 Å². The lowest BCUT2D eigenvalue weighted by atomic mass is 10.2. The second kappa shape index (κ2) is 8.07. The number of aromatic amines is 1. The van der Waals surface area contributed by atoms with Gasteiger partial charge in [0.05, 0.1) is 11.6 Å². The minimum Gasteiger partial charge on any atom is -0.459 e. The van der Waals surface area contributed by atoms with E-state index >= 15 is 0 Å². The molecule has 1 aromatic heterocycles. The summed E-state index contributed by atoms with van der Waals surface area (Å²) in [6.45, 7) is 5.20. The van der Waals surface area contributed by atoms with Crippen LogP contribution in [0.25, 0.3) is 10.9 Å². The Bertz CT molecular complexity index is 1070. The Morgan fingerprint density at radius 3 is 2.48 bits per heavy atom.